The number of carbonyl (C=O) groups is 1. The van der Waals surface area contributed by atoms with Crippen LogP contribution in [0.2, 0.25) is 0 Å². The summed E-state index contributed by atoms with van der Waals surface area (Å²) in [4.78, 5) is 14.4. The van der Waals surface area contributed by atoms with E-state index in [-0.39, 0.29) is 5.91 Å². The highest BCUT2D eigenvalue weighted by Crippen LogP contribution is 2.14. The molecular weight excluding hydrogens is 314 g/mol. The van der Waals surface area contributed by atoms with Crippen LogP contribution in [0.5, 0.6) is 0 Å². The third-order valence-electron chi connectivity index (χ3n) is 4.11. The Hall–Kier alpha value is -3.15. The molecule has 0 saturated heterocycles. The van der Waals surface area contributed by atoms with Gasteiger partial charge in [0.05, 0.1) is 17.9 Å². The lowest BCUT2D eigenvalue weighted by Gasteiger charge is -2.20. The second kappa shape index (κ2) is 7.61. The number of nitrogens with zero attached hydrogens (tertiary/aromatic N) is 3. The number of aromatic amines is 1. The summed E-state index contributed by atoms with van der Waals surface area (Å²) in [5.41, 5.74) is 6.02. The van der Waals surface area contributed by atoms with E-state index in [4.69, 9.17) is 0 Å². The summed E-state index contributed by atoms with van der Waals surface area (Å²) in [7, 11) is 0. The zero-order valence-electron chi connectivity index (χ0n) is 14.4. The van der Waals surface area contributed by atoms with E-state index in [1.165, 1.54) is 5.69 Å². The summed E-state index contributed by atoms with van der Waals surface area (Å²) < 4.78 is 0. The first-order valence-corrected chi connectivity index (χ1v) is 8.32. The molecule has 0 aliphatic carbocycles. The van der Waals surface area contributed by atoms with Crippen molar-refractivity contribution in [1.29, 1.82) is 0 Å². The smallest absolute Gasteiger partial charge is 0.271 e. The lowest BCUT2D eigenvalue weighted by Crippen LogP contribution is -2.21. The van der Waals surface area contributed by atoms with E-state index < -0.39 is 0 Å². The van der Waals surface area contributed by atoms with E-state index >= 15 is 0 Å². The quantitative estimate of drug-likeness (QED) is 0.537. The SMILES string of the molecule is CCN(CC)c1ccc(/C=N/NC(=O)c2ccc3cn[nH]c3c2)cc1. The van der Waals surface area contributed by atoms with Gasteiger partial charge in [-0.2, -0.15) is 10.2 Å². The third-order valence-corrected chi connectivity index (χ3v) is 4.11. The fraction of sp³-hybridized carbons (Fsp3) is 0.211. The zero-order valence-corrected chi connectivity index (χ0v) is 14.4. The second-order valence-electron chi connectivity index (χ2n) is 5.63. The topological polar surface area (TPSA) is 73.4 Å². The Morgan fingerprint density at radius 2 is 1.96 bits per heavy atom. The molecule has 0 aliphatic heterocycles. The van der Waals surface area contributed by atoms with Crippen molar-refractivity contribution < 1.29 is 4.79 Å². The molecule has 6 nitrogen and oxygen atoms in total. The zero-order chi connectivity index (χ0) is 17.6. The minimum atomic E-state index is -0.257. The van der Waals surface area contributed by atoms with Crippen molar-refractivity contribution in [2.75, 3.05) is 18.0 Å². The van der Waals surface area contributed by atoms with Crippen molar-refractivity contribution in [3.05, 3.63) is 59.8 Å². The van der Waals surface area contributed by atoms with Gasteiger partial charge in [-0.15, -0.1) is 0 Å². The first kappa shape index (κ1) is 16.7. The summed E-state index contributed by atoms with van der Waals surface area (Å²) >= 11 is 0. The van der Waals surface area contributed by atoms with Gasteiger partial charge in [0.2, 0.25) is 0 Å². The van der Waals surface area contributed by atoms with E-state index in [1.807, 2.05) is 18.2 Å². The summed E-state index contributed by atoms with van der Waals surface area (Å²) in [6, 6.07) is 13.4. The number of rotatable bonds is 6. The standard InChI is InChI=1S/C19H21N5O/c1-3-24(4-2)17-9-5-14(6-10-17)12-20-23-19(25)15-7-8-16-13-21-22-18(16)11-15/h5-13H,3-4H2,1-2H3,(H,21,22)(H,23,25)/b20-12+. The molecule has 0 unspecified atom stereocenters. The summed E-state index contributed by atoms with van der Waals surface area (Å²) in [6.45, 7) is 6.21. The Morgan fingerprint density at radius 1 is 1.20 bits per heavy atom. The van der Waals surface area contributed by atoms with E-state index in [0.717, 1.165) is 29.6 Å². The van der Waals surface area contributed by atoms with Gasteiger partial charge >= 0.3 is 0 Å². The van der Waals surface area contributed by atoms with E-state index in [0.29, 0.717) is 5.56 Å². The van der Waals surface area contributed by atoms with Crippen molar-refractivity contribution in [3.63, 3.8) is 0 Å². The van der Waals surface area contributed by atoms with Crippen molar-refractivity contribution in [2.45, 2.75) is 13.8 Å². The van der Waals surface area contributed by atoms with Gasteiger partial charge in [-0.05, 0) is 43.7 Å². The lowest BCUT2D eigenvalue weighted by atomic mass is 10.1. The Kier molecular flexibility index (Phi) is 5.09. The Balaban J connectivity index is 1.63. The highest BCUT2D eigenvalue weighted by Gasteiger charge is 2.06. The molecule has 1 aromatic heterocycles. The van der Waals surface area contributed by atoms with Gasteiger partial charge in [0.15, 0.2) is 0 Å². The van der Waals surface area contributed by atoms with Crippen LogP contribution < -0.4 is 10.3 Å². The van der Waals surface area contributed by atoms with Gasteiger partial charge in [-0.25, -0.2) is 5.43 Å². The van der Waals surface area contributed by atoms with Gasteiger partial charge in [0.1, 0.15) is 0 Å². The van der Waals surface area contributed by atoms with Crippen LogP contribution in [0.1, 0.15) is 29.8 Å². The molecule has 0 fully saturated rings. The van der Waals surface area contributed by atoms with Crippen LogP contribution in [0.4, 0.5) is 5.69 Å². The largest absolute Gasteiger partial charge is 0.372 e. The lowest BCUT2D eigenvalue weighted by molar-refractivity contribution is 0.0955. The molecular formula is C19H21N5O. The van der Waals surface area contributed by atoms with Gasteiger partial charge in [-0.1, -0.05) is 18.2 Å². The van der Waals surface area contributed by atoms with Crippen molar-refractivity contribution in [3.8, 4) is 0 Å². The molecule has 0 aliphatic rings. The Morgan fingerprint density at radius 3 is 2.68 bits per heavy atom. The normalized spacial score (nSPS) is 11.1. The predicted octanol–water partition coefficient (Wildman–Crippen LogP) is 3.17. The van der Waals surface area contributed by atoms with E-state index in [1.54, 1.807) is 24.5 Å². The molecule has 3 aromatic rings. The third kappa shape index (κ3) is 3.85. The molecule has 25 heavy (non-hydrogen) atoms. The van der Waals surface area contributed by atoms with Crippen molar-refractivity contribution >= 4 is 28.7 Å². The number of aromatic nitrogens is 2. The van der Waals surface area contributed by atoms with Crippen LogP contribution in [0, 0.1) is 0 Å². The minimum absolute atomic E-state index is 0.257. The molecule has 2 aromatic carbocycles. The molecule has 0 bridgehead atoms. The van der Waals surface area contributed by atoms with Crippen LogP contribution in [0.15, 0.2) is 53.8 Å². The molecule has 0 radical (unpaired) electrons. The molecule has 6 heteroatoms. The van der Waals surface area contributed by atoms with Gasteiger partial charge in [-0.3, -0.25) is 9.89 Å². The molecule has 1 heterocycles. The highest BCUT2D eigenvalue weighted by molar-refractivity contribution is 5.98. The molecule has 2 N–H and O–H groups in total. The number of hydrazone groups is 1. The molecule has 128 valence electrons. The second-order valence-corrected chi connectivity index (χ2v) is 5.63. The van der Waals surface area contributed by atoms with Gasteiger partial charge in [0, 0.05) is 29.7 Å². The summed E-state index contributed by atoms with van der Waals surface area (Å²) in [6.07, 6.45) is 3.36. The first-order valence-electron chi connectivity index (χ1n) is 8.32. The molecule has 0 saturated carbocycles. The first-order chi connectivity index (χ1) is 12.2. The predicted molar refractivity (Wildman–Crippen MR) is 101 cm³/mol. The number of benzene rings is 2. The van der Waals surface area contributed by atoms with Crippen LogP contribution in [0.3, 0.4) is 0 Å². The Bertz CT molecular complexity index is 878. The average Bonchev–Trinajstić information content (AvgIpc) is 3.11. The monoisotopic (exact) mass is 335 g/mol. The summed E-state index contributed by atoms with van der Waals surface area (Å²) in [5.74, 6) is -0.257. The van der Waals surface area contributed by atoms with E-state index in [9.17, 15) is 4.79 Å². The number of hydrogen-bond acceptors (Lipinski definition) is 4. The molecule has 3 rings (SSSR count). The number of anilines is 1. The maximum Gasteiger partial charge on any atom is 0.271 e. The van der Waals surface area contributed by atoms with Gasteiger partial charge in [0.25, 0.3) is 5.91 Å². The maximum absolute atomic E-state index is 12.2. The average molecular weight is 335 g/mol. The fourth-order valence-corrected chi connectivity index (χ4v) is 2.67. The maximum atomic E-state index is 12.2. The number of carbonyl (C=O) groups excluding carboxylic acids is 1. The van der Waals surface area contributed by atoms with Crippen LogP contribution in [-0.4, -0.2) is 35.4 Å². The number of nitrogens with one attached hydrogen (secondary N) is 2. The number of hydrogen-bond donors (Lipinski definition) is 2. The minimum Gasteiger partial charge on any atom is -0.372 e. The molecule has 1 amide bonds. The molecule has 0 spiro atoms. The molecule has 0 atom stereocenters. The van der Waals surface area contributed by atoms with Crippen LogP contribution in [0.25, 0.3) is 10.9 Å². The van der Waals surface area contributed by atoms with Crippen LogP contribution in [-0.2, 0) is 0 Å². The van der Waals surface area contributed by atoms with Crippen molar-refractivity contribution in [2.24, 2.45) is 5.10 Å². The number of amides is 1. The summed E-state index contributed by atoms with van der Waals surface area (Å²) in [5, 5.41) is 11.8. The Labute approximate surface area is 146 Å². The number of H-pyrrole nitrogens is 1. The highest BCUT2D eigenvalue weighted by atomic mass is 16.2. The van der Waals surface area contributed by atoms with Crippen LogP contribution >= 0.6 is 0 Å². The number of fused-ring (bicyclic) bond motifs is 1. The fourth-order valence-electron chi connectivity index (χ4n) is 2.67. The van der Waals surface area contributed by atoms with Crippen molar-refractivity contribution in [1.82, 2.24) is 15.6 Å². The van der Waals surface area contributed by atoms with E-state index in [2.05, 4.69) is 51.6 Å². The van der Waals surface area contributed by atoms with Gasteiger partial charge < -0.3 is 4.90 Å².